The van der Waals surface area contributed by atoms with Crippen molar-refractivity contribution in [1.82, 2.24) is 4.31 Å². The predicted octanol–water partition coefficient (Wildman–Crippen LogP) is 3.60. The molecule has 0 aromatic heterocycles. The van der Waals surface area contributed by atoms with Gasteiger partial charge in [0.05, 0.1) is 17.6 Å². The van der Waals surface area contributed by atoms with Crippen molar-refractivity contribution >= 4 is 21.6 Å². The number of amides is 1. The van der Waals surface area contributed by atoms with Gasteiger partial charge in [0.2, 0.25) is 15.9 Å². The van der Waals surface area contributed by atoms with Crippen LogP contribution in [0, 0.1) is 11.3 Å². The Morgan fingerprint density at radius 1 is 1.03 bits per heavy atom. The van der Waals surface area contributed by atoms with Gasteiger partial charge in [-0.1, -0.05) is 26.0 Å². The lowest BCUT2D eigenvalue weighted by Crippen LogP contribution is -2.47. The minimum absolute atomic E-state index is 0.0415. The van der Waals surface area contributed by atoms with Crippen molar-refractivity contribution in [2.75, 3.05) is 30.3 Å². The maximum absolute atomic E-state index is 13.1. The van der Waals surface area contributed by atoms with Gasteiger partial charge in [-0.25, -0.2) is 12.7 Å². The van der Waals surface area contributed by atoms with E-state index in [9.17, 15) is 26.4 Å². The second-order valence-corrected chi connectivity index (χ2v) is 10.5. The second kappa shape index (κ2) is 7.91. The monoisotopic (exact) mass is 432 g/mol. The summed E-state index contributed by atoms with van der Waals surface area (Å²) in [5.74, 6) is 0.0893. The van der Waals surface area contributed by atoms with Crippen molar-refractivity contribution in [1.29, 1.82) is 0 Å². The first-order chi connectivity index (χ1) is 13.4. The number of rotatable bonds is 5. The van der Waals surface area contributed by atoms with Crippen molar-refractivity contribution < 1.29 is 26.4 Å². The van der Waals surface area contributed by atoms with Crippen LogP contribution in [-0.2, 0) is 21.2 Å². The topological polar surface area (TPSA) is 57.7 Å². The number of nitrogens with zero attached hydrogens (tertiary/aromatic N) is 2. The van der Waals surface area contributed by atoms with E-state index in [4.69, 9.17) is 0 Å². The number of benzene rings is 1. The van der Waals surface area contributed by atoms with Gasteiger partial charge >= 0.3 is 6.18 Å². The Morgan fingerprint density at radius 3 is 2.10 bits per heavy atom. The average molecular weight is 433 g/mol. The summed E-state index contributed by atoms with van der Waals surface area (Å²) < 4.78 is 63.9. The first-order valence-electron chi connectivity index (χ1n) is 9.87. The van der Waals surface area contributed by atoms with E-state index in [-0.39, 0.29) is 23.1 Å². The van der Waals surface area contributed by atoms with E-state index in [0.717, 1.165) is 0 Å². The number of halogens is 3. The Hall–Kier alpha value is -1.61. The molecular formula is C20H27F3N2O3S. The van der Waals surface area contributed by atoms with Gasteiger partial charge < -0.3 is 4.90 Å². The van der Waals surface area contributed by atoms with Crippen molar-refractivity contribution in [2.24, 2.45) is 11.3 Å². The molecule has 29 heavy (non-hydrogen) atoms. The molecule has 162 valence electrons. The maximum atomic E-state index is 13.1. The summed E-state index contributed by atoms with van der Waals surface area (Å²) in [5.41, 5.74) is 0.174. The largest absolute Gasteiger partial charge is 0.393 e. The number of carbonyl (C=O) groups is 1. The number of alkyl halides is 3. The van der Waals surface area contributed by atoms with Crippen LogP contribution in [0.25, 0.3) is 0 Å². The van der Waals surface area contributed by atoms with Gasteiger partial charge in [0.1, 0.15) is 0 Å². The van der Waals surface area contributed by atoms with Crippen molar-refractivity contribution in [3.63, 3.8) is 0 Å². The minimum atomic E-state index is -4.26. The highest BCUT2D eigenvalue weighted by molar-refractivity contribution is 7.89. The van der Waals surface area contributed by atoms with E-state index in [0.29, 0.717) is 44.6 Å². The fourth-order valence-corrected chi connectivity index (χ4v) is 6.07. The quantitative estimate of drug-likeness (QED) is 0.715. The second-order valence-electron chi connectivity index (χ2n) is 8.52. The molecule has 1 spiro atoms. The van der Waals surface area contributed by atoms with Crippen LogP contribution >= 0.6 is 0 Å². The summed E-state index contributed by atoms with van der Waals surface area (Å²) >= 11 is 0. The van der Waals surface area contributed by atoms with E-state index in [1.165, 1.54) is 16.4 Å². The summed E-state index contributed by atoms with van der Waals surface area (Å²) in [6, 6.07) is 5.92. The van der Waals surface area contributed by atoms with Crippen LogP contribution in [0.1, 0.15) is 38.7 Å². The van der Waals surface area contributed by atoms with Gasteiger partial charge in [-0.05, 0) is 42.9 Å². The summed E-state index contributed by atoms with van der Waals surface area (Å²) in [7, 11) is -3.32. The third-order valence-corrected chi connectivity index (χ3v) is 8.02. The zero-order valence-electron chi connectivity index (χ0n) is 16.7. The molecule has 0 saturated carbocycles. The molecule has 0 bridgehead atoms. The molecule has 9 heteroatoms. The minimum Gasteiger partial charge on any atom is -0.312 e. The number of anilines is 1. The van der Waals surface area contributed by atoms with E-state index in [1.54, 1.807) is 17.0 Å². The fourth-order valence-electron chi connectivity index (χ4n) is 4.28. The lowest BCUT2D eigenvalue weighted by Gasteiger charge is -2.37. The Bertz CT molecular complexity index is 843. The Morgan fingerprint density at radius 2 is 1.59 bits per heavy atom. The number of piperidine rings is 1. The maximum Gasteiger partial charge on any atom is 0.393 e. The van der Waals surface area contributed by atoms with Gasteiger partial charge in [-0.15, -0.1) is 0 Å². The van der Waals surface area contributed by atoms with Gasteiger partial charge in [0.25, 0.3) is 0 Å². The third-order valence-electron chi connectivity index (χ3n) is 5.78. The molecule has 0 N–H and O–H groups in total. The van der Waals surface area contributed by atoms with Gasteiger partial charge in [-0.3, -0.25) is 4.79 Å². The average Bonchev–Trinajstić information content (AvgIpc) is 2.90. The summed E-state index contributed by atoms with van der Waals surface area (Å²) in [5, 5.41) is 0. The molecule has 2 fully saturated rings. The molecule has 2 aliphatic heterocycles. The normalized spacial score (nSPS) is 20.8. The Labute approximate surface area is 169 Å². The van der Waals surface area contributed by atoms with E-state index >= 15 is 0 Å². The molecule has 0 radical (unpaired) electrons. The molecule has 3 rings (SSSR count). The van der Waals surface area contributed by atoms with Crippen molar-refractivity contribution in [3.05, 3.63) is 29.8 Å². The van der Waals surface area contributed by atoms with Gasteiger partial charge in [0.15, 0.2) is 0 Å². The molecular weight excluding hydrogens is 405 g/mol. The summed E-state index contributed by atoms with van der Waals surface area (Å²) in [6.45, 7) is 4.89. The van der Waals surface area contributed by atoms with Gasteiger partial charge in [-0.2, -0.15) is 13.2 Å². The molecule has 0 unspecified atom stereocenters. The molecule has 0 atom stereocenters. The van der Waals surface area contributed by atoms with Crippen LogP contribution in [0.2, 0.25) is 0 Å². The molecule has 1 aromatic carbocycles. The summed E-state index contributed by atoms with van der Waals surface area (Å²) in [4.78, 5) is 14.7. The molecule has 2 saturated heterocycles. The van der Waals surface area contributed by atoms with E-state index in [1.807, 2.05) is 13.8 Å². The lowest BCUT2D eigenvalue weighted by atomic mass is 9.77. The highest BCUT2D eigenvalue weighted by Crippen LogP contribution is 2.43. The van der Waals surface area contributed by atoms with Crippen LogP contribution in [0.3, 0.4) is 0 Å². The zero-order valence-corrected chi connectivity index (χ0v) is 17.5. The van der Waals surface area contributed by atoms with Crippen molar-refractivity contribution in [3.8, 4) is 0 Å². The lowest BCUT2D eigenvalue weighted by molar-refractivity contribution is -0.128. The van der Waals surface area contributed by atoms with E-state index < -0.39 is 28.0 Å². The Kier molecular flexibility index (Phi) is 6.02. The summed E-state index contributed by atoms with van der Waals surface area (Å²) in [6.07, 6.45) is -3.67. The highest BCUT2D eigenvalue weighted by atomic mass is 32.2. The molecule has 1 aromatic rings. The number of carbonyl (C=O) groups excluding carboxylic acids is 1. The van der Waals surface area contributed by atoms with Crippen LogP contribution < -0.4 is 4.90 Å². The molecule has 5 nitrogen and oxygen atoms in total. The van der Waals surface area contributed by atoms with Crippen LogP contribution in [-0.4, -0.2) is 50.2 Å². The highest BCUT2D eigenvalue weighted by Gasteiger charge is 2.49. The van der Waals surface area contributed by atoms with E-state index in [2.05, 4.69) is 0 Å². The Balaban J connectivity index is 1.66. The third kappa shape index (κ3) is 4.94. The fraction of sp³-hybridized carbons (Fsp3) is 0.650. The molecule has 2 aliphatic rings. The first kappa shape index (κ1) is 22.1. The van der Waals surface area contributed by atoms with Gasteiger partial charge in [0, 0.05) is 25.3 Å². The molecule has 1 amide bonds. The first-order valence-corrected chi connectivity index (χ1v) is 11.5. The molecule has 0 aliphatic carbocycles. The number of hydrogen-bond acceptors (Lipinski definition) is 3. The molecule has 2 heterocycles. The predicted molar refractivity (Wildman–Crippen MR) is 105 cm³/mol. The number of sulfonamides is 1. The zero-order chi connectivity index (χ0) is 21.4. The SMILES string of the molecule is CC(C)CS(=O)(=O)N1CCC2(CCN(c3ccc(CC(F)(F)F)cc3)C2=O)CC1. The van der Waals surface area contributed by atoms with Crippen molar-refractivity contribution in [2.45, 2.75) is 45.7 Å². The van der Waals surface area contributed by atoms with Crippen LogP contribution in [0.15, 0.2) is 24.3 Å². The van der Waals surface area contributed by atoms with Crippen LogP contribution in [0.4, 0.5) is 18.9 Å². The number of hydrogen-bond donors (Lipinski definition) is 0. The van der Waals surface area contributed by atoms with Crippen LogP contribution in [0.5, 0.6) is 0 Å². The standard InChI is InChI=1S/C20H27F3N2O3S/c1-15(2)14-29(27,28)24-10-7-19(8-11-24)9-12-25(18(19)26)17-5-3-16(4-6-17)13-20(21,22)23/h3-6,15H,7-14H2,1-2H3. The smallest absolute Gasteiger partial charge is 0.312 e.